The maximum Gasteiger partial charge on any atom is 0.0748 e. The summed E-state index contributed by atoms with van der Waals surface area (Å²) in [5.74, 6) is 0.704. The van der Waals surface area contributed by atoms with Crippen LogP contribution in [0.15, 0.2) is 110 Å². The molecule has 5 aromatic rings. The summed E-state index contributed by atoms with van der Waals surface area (Å²) in [6.07, 6.45) is 5.35. The number of rotatable bonds is 3. The van der Waals surface area contributed by atoms with Crippen molar-refractivity contribution in [1.29, 1.82) is 0 Å². The number of nitrogens with zero attached hydrogens (tertiary/aromatic N) is 3. The van der Waals surface area contributed by atoms with E-state index in [1.807, 2.05) is 79.9 Å². The van der Waals surface area contributed by atoms with E-state index in [0.717, 1.165) is 22.4 Å². The van der Waals surface area contributed by atoms with E-state index in [0.29, 0.717) is 5.82 Å². The Morgan fingerprint density at radius 1 is 0.625 bits per heavy atom. The van der Waals surface area contributed by atoms with Crippen LogP contribution in [0.5, 0.6) is 0 Å². The molecule has 2 aromatic heterocycles. The molecule has 0 atom stereocenters. The summed E-state index contributed by atoms with van der Waals surface area (Å²) in [7, 11) is 0. The normalized spacial score (nSPS) is 9.78. The van der Waals surface area contributed by atoms with Gasteiger partial charge in [-0.3, -0.25) is 9.97 Å². The van der Waals surface area contributed by atoms with E-state index in [4.69, 9.17) is 0 Å². The average Bonchev–Trinajstić information content (AvgIpc) is 2.87. The molecule has 3 nitrogen and oxygen atoms in total. The molecule has 2 heterocycles. The fourth-order valence-corrected chi connectivity index (χ4v) is 3.02. The van der Waals surface area contributed by atoms with E-state index in [-0.39, 0.29) is 20.1 Å². The van der Waals surface area contributed by atoms with Crippen LogP contribution in [0.2, 0.25) is 0 Å². The standard InChI is InChI=1S/C16H11N2.C12H10N.Ir/c1-2-6-13(7-3-1)14-8-4-9-15(12-14)16-17-10-5-11-18-16;1-10-7-8-12(13-9-10)11-5-3-2-4-6-11;/h1-8,10-12H;2-5,7-9H,1H3;/q2*-1;. The van der Waals surface area contributed by atoms with Gasteiger partial charge in [-0.15, -0.1) is 71.3 Å². The van der Waals surface area contributed by atoms with Crippen LogP contribution in [0.4, 0.5) is 0 Å². The first-order valence-electron chi connectivity index (χ1n) is 10.0. The van der Waals surface area contributed by atoms with Gasteiger partial charge >= 0.3 is 0 Å². The Balaban J connectivity index is 0.000000184. The molecular weight excluding hydrogens is 571 g/mol. The SMILES string of the molecule is Cc1ccc(-c2[c-]cccc2)nc1.[Ir].[c-]1ccc(-c2ccccc2)cc1-c1ncccn1. The summed E-state index contributed by atoms with van der Waals surface area (Å²) in [6.45, 7) is 2.03. The second kappa shape index (κ2) is 11.8. The minimum Gasteiger partial charge on any atom is -0.304 e. The number of aromatic nitrogens is 3. The van der Waals surface area contributed by atoms with Crippen molar-refractivity contribution in [3.63, 3.8) is 0 Å². The number of benzene rings is 3. The molecule has 32 heavy (non-hydrogen) atoms. The first-order chi connectivity index (χ1) is 15.3. The van der Waals surface area contributed by atoms with Crippen molar-refractivity contribution < 1.29 is 20.1 Å². The molecule has 0 aliphatic rings. The van der Waals surface area contributed by atoms with Gasteiger partial charge in [0.1, 0.15) is 0 Å². The monoisotopic (exact) mass is 592 g/mol. The molecule has 1 radical (unpaired) electrons. The number of hydrogen-bond donors (Lipinski definition) is 0. The zero-order valence-corrected chi connectivity index (χ0v) is 20.0. The van der Waals surface area contributed by atoms with E-state index in [1.54, 1.807) is 12.4 Å². The molecule has 5 rings (SSSR count). The van der Waals surface area contributed by atoms with Gasteiger partial charge in [0.05, 0.1) is 5.82 Å². The molecular formula is C28H21IrN3-2. The largest absolute Gasteiger partial charge is 0.304 e. The second-order valence-corrected chi connectivity index (χ2v) is 6.93. The van der Waals surface area contributed by atoms with E-state index >= 15 is 0 Å². The third-order valence-corrected chi connectivity index (χ3v) is 4.61. The molecule has 0 aliphatic heterocycles. The number of aryl methyl sites for hydroxylation is 1. The van der Waals surface area contributed by atoms with Crippen LogP contribution in [0.25, 0.3) is 33.8 Å². The van der Waals surface area contributed by atoms with Gasteiger partial charge in [0.2, 0.25) is 0 Å². The Bertz CT molecular complexity index is 1160. The van der Waals surface area contributed by atoms with Crippen LogP contribution in [0, 0.1) is 19.1 Å². The molecule has 0 fully saturated rings. The van der Waals surface area contributed by atoms with Crippen molar-refractivity contribution in [3.05, 3.63) is 127 Å². The third kappa shape index (κ3) is 6.27. The third-order valence-electron chi connectivity index (χ3n) is 4.61. The predicted molar refractivity (Wildman–Crippen MR) is 125 cm³/mol. The van der Waals surface area contributed by atoms with Crippen molar-refractivity contribution in [1.82, 2.24) is 15.0 Å². The molecule has 0 N–H and O–H groups in total. The number of pyridine rings is 1. The van der Waals surface area contributed by atoms with Crippen LogP contribution in [-0.4, -0.2) is 15.0 Å². The van der Waals surface area contributed by atoms with Gasteiger partial charge in [0, 0.05) is 38.7 Å². The second-order valence-electron chi connectivity index (χ2n) is 6.93. The van der Waals surface area contributed by atoms with Crippen molar-refractivity contribution in [2.24, 2.45) is 0 Å². The van der Waals surface area contributed by atoms with Gasteiger partial charge < -0.3 is 4.98 Å². The summed E-state index contributed by atoms with van der Waals surface area (Å²) in [6, 6.07) is 36.3. The van der Waals surface area contributed by atoms with Crippen LogP contribution in [-0.2, 0) is 20.1 Å². The Hall–Kier alpha value is -3.46. The zero-order chi connectivity index (χ0) is 21.3. The number of hydrogen-bond acceptors (Lipinski definition) is 3. The van der Waals surface area contributed by atoms with Crippen molar-refractivity contribution in [2.75, 3.05) is 0 Å². The molecule has 0 saturated heterocycles. The fourth-order valence-electron chi connectivity index (χ4n) is 3.02. The molecule has 159 valence electrons. The smallest absolute Gasteiger partial charge is 0.0748 e. The summed E-state index contributed by atoms with van der Waals surface area (Å²) in [4.78, 5) is 12.8. The maximum atomic E-state index is 4.32. The topological polar surface area (TPSA) is 38.7 Å². The van der Waals surface area contributed by atoms with Crippen LogP contribution in [0.1, 0.15) is 5.56 Å². The first kappa shape index (κ1) is 23.2. The molecule has 0 spiro atoms. The first-order valence-corrected chi connectivity index (χ1v) is 10.0. The van der Waals surface area contributed by atoms with Gasteiger partial charge in [0.25, 0.3) is 0 Å². The van der Waals surface area contributed by atoms with Crippen molar-refractivity contribution in [3.8, 4) is 33.8 Å². The van der Waals surface area contributed by atoms with Crippen LogP contribution < -0.4 is 0 Å². The predicted octanol–water partition coefficient (Wildman–Crippen LogP) is 6.47. The zero-order valence-electron chi connectivity index (χ0n) is 17.6. The van der Waals surface area contributed by atoms with E-state index in [1.165, 1.54) is 11.1 Å². The minimum atomic E-state index is 0. The van der Waals surface area contributed by atoms with Gasteiger partial charge in [-0.2, -0.15) is 0 Å². The summed E-state index contributed by atoms with van der Waals surface area (Å²) in [5.41, 5.74) is 6.45. The maximum absolute atomic E-state index is 4.32. The Morgan fingerprint density at radius 2 is 1.38 bits per heavy atom. The van der Waals surface area contributed by atoms with E-state index in [9.17, 15) is 0 Å². The van der Waals surface area contributed by atoms with Gasteiger partial charge in [-0.05, 0) is 29.8 Å². The quantitative estimate of drug-likeness (QED) is 0.226. The fraction of sp³-hybridized carbons (Fsp3) is 0.0357. The Morgan fingerprint density at radius 3 is 2.06 bits per heavy atom. The van der Waals surface area contributed by atoms with Gasteiger partial charge in [-0.25, -0.2) is 0 Å². The molecule has 4 heteroatoms. The van der Waals surface area contributed by atoms with Crippen LogP contribution in [0.3, 0.4) is 0 Å². The van der Waals surface area contributed by atoms with Gasteiger partial charge in [-0.1, -0.05) is 42.5 Å². The molecule has 0 aliphatic carbocycles. The summed E-state index contributed by atoms with van der Waals surface area (Å²) in [5, 5.41) is 0. The molecule has 3 aromatic carbocycles. The summed E-state index contributed by atoms with van der Waals surface area (Å²) >= 11 is 0. The molecule has 0 bridgehead atoms. The molecule has 0 saturated carbocycles. The van der Waals surface area contributed by atoms with Crippen molar-refractivity contribution in [2.45, 2.75) is 6.92 Å². The van der Waals surface area contributed by atoms with E-state index < -0.39 is 0 Å². The van der Waals surface area contributed by atoms with Crippen molar-refractivity contribution >= 4 is 0 Å². The Labute approximate surface area is 202 Å². The molecule has 0 unspecified atom stereocenters. The average molecular weight is 592 g/mol. The van der Waals surface area contributed by atoms with E-state index in [2.05, 4.69) is 51.4 Å². The minimum absolute atomic E-state index is 0. The Kier molecular flexibility index (Phi) is 8.56. The molecule has 0 amide bonds. The summed E-state index contributed by atoms with van der Waals surface area (Å²) < 4.78 is 0. The van der Waals surface area contributed by atoms with Gasteiger partial charge in [0.15, 0.2) is 0 Å². The van der Waals surface area contributed by atoms with Crippen LogP contribution >= 0.6 is 0 Å².